The van der Waals surface area contributed by atoms with E-state index in [1.54, 1.807) is 11.8 Å². The molecule has 2 aliphatic rings. The van der Waals surface area contributed by atoms with E-state index in [-0.39, 0.29) is 16.3 Å². The van der Waals surface area contributed by atoms with E-state index in [2.05, 4.69) is 31.0 Å². The molecule has 2 saturated heterocycles. The molecule has 4 heteroatoms. The molecule has 1 N–H and O–H groups in total. The molecular formula is C11H20N2OS. The summed E-state index contributed by atoms with van der Waals surface area (Å²) >= 11 is 1.80. The first kappa shape index (κ1) is 11.3. The van der Waals surface area contributed by atoms with Crippen molar-refractivity contribution in [2.24, 2.45) is 0 Å². The number of piperidine rings is 1. The summed E-state index contributed by atoms with van der Waals surface area (Å²) < 4.78 is 0. The lowest BCUT2D eigenvalue weighted by Gasteiger charge is -2.44. The van der Waals surface area contributed by atoms with Gasteiger partial charge in [-0.25, -0.2) is 0 Å². The summed E-state index contributed by atoms with van der Waals surface area (Å²) in [5.74, 6) is 0.861. The van der Waals surface area contributed by atoms with Crippen LogP contribution in [0.1, 0.15) is 33.6 Å². The quantitative estimate of drug-likeness (QED) is 0.681. The summed E-state index contributed by atoms with van der Waals surface area (Å²) in [6, 6.07) is 0. The number of hydrogen-bond acceptors (Lipinski definition) is 3. The number of thioether (sulfide) groups is 1. The molecule has 0 saturated carbocycles. The van der Waals surface area contributed by atoms with Gasteiger partial charge in [-0.3, -0.25) is 9.69 Å². The third-order valence-electron chi connectivity index (χ3n) is 3.37. The van der Waals surface area contributed by atoms with E-state index in [4.69, 9.17) is 0 Å². The van der Waals surface area contributed by atoms with Crippen LogP contribution >= 0.6 is 11.8 Å². The number of amides is 1. The number of hydrogen-bond donors (Lipinski definition) is 1. The summed E-state index contributed by atoms with van der Waals surface area (Å²) in [5.41, 5.74) is 0.259. The zero-order valence-corrected chi connectivity index (χ0v) is 10.6. The molecule has 86 valence electrons. The molecular weight excluding hydrogens is 208 g/mol. The van der Waals surface area contributed by atoms with Gasteiger partial charge in [0.2, 0.25) is 5.91 Å². The summed E-state index contributed by atoms with van der Waals surface area (Å²) in [7, 11) is 0. The van der Waals surface area contributed by atoms with Crippen LogP contribution in [0.5, 0.6) is 0 Å². The second-order valence-corrected chi connectivity index (χ2v) is 6.85. The maximum absolute atomic E-state index is 11.2. The van der Waals surface area contributed by atoms with Crippen LogP contribution < -0.4 is 5.32 Å². The van der Waals surface area contributed by atoms with E-state index in [1.165, 1.54) is 0 Å². The topological polar surface area (TPSA) is 32.3 Å². The lowest BCUT2D eigenvalue weighted by Crippen LogP contribution is -2.54. The molecule has 15 heavy (non-hydrogen) atoms. The van der Waals surface area contributed by atoms with Crippen molar-refractivity contribution in [2.75, 3.05) is 18.8 Å². The molecule has 0 atom stereocenters. The molecule has 0 unspecified atom stereocenters. The largest absolute Gasteiger partial charge is 0.341 e. The van der Waals surface area contributed by atoms with Gasteiger partial charge in [-0.1, -0.05) is 0 Å². The average molecular weight is 228 g/mol. The van der Waals surface area contributed by atoms with E-state index in [9.17, 15) is 4.79 Å². The van der Waals surface area contributed by atoms with Crippen LogP contribution in [0.25, 0.3) is 0 Å². The van der Waals surface area contributed by atoms with Gasteiger partial charge >= 0.3 is 0 Å². The second-order valence-electron chi connectivity index (χ2n) is 5.49. The molecule has 2 heterocycles. The Kier molecular flexibility index (Phi) is 2.75. The Morgan fingerprint density at radius 1 is 1.33 bits per heavy atom. The van der Waals surface area contributed by atoms with Gasteiger partial charge in [0.05, 0.1) is 10.6 Å². The van der Waals surface area contributed by atoms with Crippen molar-refractivity contribution >= 4 is 17.7 Å². The van der Waals surface area contributed by atoms with Gasteiger partial charge in [0.1, 0.15) is 0 Å². The van der Waals surface area contributed by atoms with Gasteiger partial charge in [0.15, 0.2) is 0 Å². The van der Waals surface area contributed by atoms with Crippen molar-refractivity contribution in [1.29, 1.82) is 0 Å². The first-order chi connectivity index (χ1) is 6.91. The first-order valence-corrected chi connectivity index (χ1v) is 6.60. The van der Waals surface area contributed by atoms with Crippen molar-refractivity contribution in [3.05, 3.63) is 0 Å². The fourth-order valence-electron chi connectivity index (χ4n) is 2.34. The van der Waals surface area contributed by atoms with Crippen molar-refractivity contribution in [1.82, 2.24) is 10.2 Å². The highest BCUT2D eigenvalue weighted by atomic mass is 32.2. The smallest absolute Gasteiger partial charge is 0.231 e. The lowest BCUT2D eigenvalue weighted by molar-refractivity contribution is -0.119. The minimum Gasteiger partial charge on any atom is -0.341 e. The van der Waals surface area contributed by atoms with Crippen LogP contribution in [0.4, 0.5) is 0 Å². The number of carbonyl (C=O) groups excluding carboxylic acids is 1. The molecule has 3 nitrogen and oxygen atoms in total. The fraction of sp³-hybridized carbons (Fsp3) is 0.909. The van der Waals surface area contributed by atoms with E-state index >= 15 is 0 Å². The highest BCUT2D eigenvalue weighted by Crippen LogP contribution is 2.38. The molecule has 0 radical (unpaired) electrons. The number of nitrogens with zero attached hydrogens (tertiary/aromatic N) is 1. The molecule has 0 aromatic carbocycles. The molecule has 2 rings (SSSR count). The Morgan fingerprint density at radius 2 is 1.93 bits per heavy atom. The van der Waals surface area contributed by atoms with Crippen LogP contribution in [-0.2, 0) is 4.79 Å². The second kappa shape index (κ2) is 3.67. The van der Waals surface area contributed by atoms with E-state index in [1.807, 2.05) is 0 Å². The summed E-state index contributed by atoms with van der Waals surface area (Å²) in [6.07, 6.45) is 2.17. The van der Waals surface area contributed by atoms with Crippen LogP contribution in [0.15, 0.2) is 0 Å². The molecule has 2 fully saturated rings. The predicted octanol–water partition coefficient (Wildman–Crippen LogP) is 1.44. The molecule has 1 spiro atoms. The third-order valence-corrected chi connectivity index (χ3v) is 4.84. The normalized spacial score (nSPS) is 27.0. The number of carbonyl (C=O) groups is 1. The highest BCUT2D eigenvalue weighted by molar-refractivity contribution is 8.01. The van der Waals surface area contributed by atoms with Crippen LogP contribution in [0, 0.1) is 0 Å². The zero-order chi connectivity index (χ0) is 11.1. The van der Waals surface area contributed by atoms with Crippen molar-refractivity contribution < 1.29 is 4.79 Å². The highest BCUT2D eigenvalue weighted by Gasteiger charge is 2.42. The average Bonchev–Trinajstić information content (AvgIpc) is 2.47. The fourth-order valence-corrected chi connectivity index (χ4v) is 3.47. The SMILES string of the molecule is CC(C)(C)N1CCC2(CC1)NC(=O)CS2. The minimum absolute atomic E-state index is 0.0683. The van der Waals surface area contributed by atoms with Crippen LogP contribution in [0.2, 0.25) is 0 Å². The number of nitrogens with one attached hydrogen (secondary N) is 1. The maximum Gasteiger partial charge on any atom is 0.231 e. The van der Waals surface area contributed by atoms with Gasteiger partial charge in [-0.05, 0) is 33.6 Å². The molecule has 2 aliphatic heterocycles. The maximum atomic E-state index is 11.2. The zero-order valence-electron chi connectivity index (χ0n) is 9.80. The standard InChI is InChI=1S/C11H20N2OS/c1-10(2,3)13-6-4-11(5-7-13)12-9(14)8-15-11/h4-8H2,1-3H3,(H,12,14). The summed E-state index contributed by atoms with van der Waals surface area (Å²) in [5, 5.41) is 3.14. The summed E-state index contributed by atoms with van der Waals surface area (Å²) in [4.78, 5) is 13.8. The third kappa shape index (κ3) is 2.31. The van der Waals surface area contributed by atoms with Gasteiger partial charge in [-0.2, -0.15) is 0 Å². The van der Waals surface area contributed by atoms with Crippen molar-refractivity contribution in [3.8, 4) is 0 Å². The van der Waals surface area contributed by atoms with Crippen LogP contribution in [0.3, 0.4) is 0 Å². The molecule has 0 aliphatic carbocycles. The molecule has 0 aromatic rings. The molecule has 1 amide bonds. The van der Waals surface area contributed by atoms with Gasteiger partial charge in [0, 0.05) is 18.6 Å². The number of rotatable bonds is 0. The monoisotopic (exact) mass is 228 g/mol. The first-order valence-electron chi connectivity index (χ1n) is 5.61. The van der Waals surface area contributed by atoms with E-state index in [0.717, 1.165) is 25.9 Å². The molecule has 0 bridgehead atoms. The van der Waals surface area contributed by atoms with Gasteiger partial charge in [0.25, 0.3) is 0 Å². The Bertz CT molecular complexity index is 264. The van der Waals surface area contributed by atoms with Gasteiger partial charge in [-0.15, -0.1) is 11.8 Å². The van der Waals surface area contributed by atoms with E-state index < -0.39 is 0 Å². The minimum atomic E-state index is 0.0683. The lowest BCUT2D eigenvalue weighted by atomic mass is 9.97. The van der Waals surface area contributed by atoms with Crippen molar-refractivity contribution in [2.45, 2.75) is 44.0 Å². The van der Waals surface area contributed by atoms with Crippen molar-refractivity contribution in [3.63, 3.8) is 0 Å². The Balaban J connectivity index is 1.95. The Hall–Kier alpha value is -0.220. The van der Waals surface area contributed by atoms with E-state index in [0.29, 0.717) is 5.75 Å². The number of likely N-dealkylation sites (tertiary alicyclic amines) is 1. The predicted molar refractivity (Wildman–Crippen MR) is 63.9 cm³/mol. The Labute approximate surface area is 96.0 Å². The van der Waals surface area contributed by atoms with Crippen LogP contribution in [-0.4, -0.2) is 40.1 Å². The van der Waals surface area contributed by atoms with Gasteiger partial charge < -0.3 is 5.32 Å². The molecule has 0 aromatic heterocycles. The Morgan fingerprint density at radius 3 is 2.33 bits per heavy atom. The summed E-state index contributed by atoms with van der Waals surface area (Å²) in [6.45, 7) is 8.95.